The van der Waals surface area contributed by atoms with Crippen LogP contribution in [0, 0.1) is 0 Å². The van der Waals surface area contributed by atoms with E-state index in [0.29, 0.717) is 13.0 Å². The molecule has 0 bridgehead atoms. The van der Waals surface area contributed by atoms with Crippen molar-refractivity contribution in [2.45, 2.75) is 31.2 Å². The number of unbranched alkanes of at least 4 members (excludes halogenated alkanes) is 1. The smallest absolute Gasteiger partial charge is 0.268 e. The lowest BCUT2D eigenvalue weighted by Crippen LogP contribution is -2.30. The highest BCUT2D eigenvalue weighted by molar-refractivity contribution is 7.89. The second kappa shape index (κ2) is 8.42. The summed E-state index contributed by atoms with van der Waals surface area (Å²) in [4.78, 5) is 29.7. The van der Waals surface area contributed by atoms with E-state index in [0.717, 1.165) is 12.5 Å². The summed E-state index contributed by atoms with van der Waals surface area (Å²) in [7, 11) is -4.21. The van der Waals surface area contributed by atoms with Crippen LogP contribution in [-0.2, 0) is 16.6 Å². The Balaban J connectivity index is 2.16. The molecule has 3 rings (SSSR count). The van der Waals surface area contributed by atoms with E-state index in [2.05, 4.69) is 10.3 Å². The van der Waals surface area contributed by atoms with Gasteiger partial charge in [-0.25, -0.2) is 18.5 Å². The molecule has 1 aromatic carbocycles. The molecule has 9 nitrogen and oxygen atoms in total. The molecule has 0 aliphatic carbocycles. The third kappa shape index (κ3) is 4.16. The molecule has 2 aromatic heterocycles. The van der Waals surface area contributed by atoms with Gasteiger partial charge in [0, 0.05) is 17.8 Å². The highest BCUT2D eigenvalue weighted by atomic mass is 35.5. The van der Waals surface area contributed by atoms with Gasteiger partial charge in [-0.05, 0) is 36.8 Å². The molecule has 30 heavy (non-hydrogen) atoms. The van der Waals surface area contributed by atoms with Gasteiger partial charge in [0.1, 0.15) is 21.9 Å². The zero-order chi connectivity index (χ0) is 22.1. The molecule has 4 N–H and O–H groups in total. The van der Waals surface area contributed by atoms with Crippen LogP contribution in [0.15, 0.2) is 46.2 Å². The molecule has 0 atom stereocenters. The number of amides is 1. The minimum atomic E-state index is -4.21. The predicted molar refractivity (Wildman–Crippen MR) is 113 cm³/mol. The van der Waals surface area contributed by atoms with Crippen LogP contribution in [0.5, 0.6) is 5.75 Å². The van der Waals surface area contributed by atoms with Crippen LogP contribution in [0.25, 0.3) is 11.0 Å². The number of nitrogens with one attached hydrogen (secondary N) is 1. The fraction of sp³-hybridized carbons (Fsp3) is 0.211. The number of benzene rings is 1. The van der Waals surface area contributed by atoms with E-state index in [-0.39, 0.29) is 21.7 Å². The van der Waals surface area contributed by atoms with Crippen molar-refractivity contribution >= 4 is 44.3 Å². The molecule has 0 fully saturated rings. The minimum Gasteiger partial charge on any atom is -0.506 e. The Kier molecular flexibility index (Phi) is 6.11. The number of halogens is 1. The number of nitrogens with zero attached hydrogens (tertiary/aromatic N) is 2. The average molecular weight is 451 g/mol. The first kappa shape index (κ1) is 21.8. The largest absolute Gasteiger partial charge is 0.506 e. The van der Waals surface area contributed by atoms with Gasteiger partial charge in [0.2, 0.25) is 10.0 Å². The molecule has 11 heteroatoms. The quantitative estimate of drug-likeness (QED) is 0.526. The molecule has 2 heterocycles. The SMILES string of the molecule is CCCCn1c(=O)c(C(=O)Nc2ccc(Cl)cc2S(N)(=O)=O)c(O)c2cccnc21. The fourth-order valence-electron chi connectivity index (χ4n) is 3.01. The molecular weight excluding hydrogens is 432 g/mol. The Hall–Kier alpha value is -2.95. The number of hydrogen-bond acceptors (Lipinski definition) is 6. The van der Waals surface area contributed by atoms with Crippen molar-refractivity contribution in [1.82, 2.24) is 9.55 Å². The Morgan fingerprint density at radius 2 is 2.07 bits per heavy atom. The van der Waals surface area contributed by atoms with Gasteiger partial charge in [0.05, 0.1) is 11.1 Å². The maximum absolute atomic E-state index is 13.0. The van der Waals surface area contributed by atoms with Crippen LogP contribution in [0.2, 0.25) is 5.02 Å². The topological polar surface area (TPSA) is 144 Å². The first-order chi connectivity index (χ1) is 14.1. The summed E-state index contributed by atoms with van der Waals surface area (Å²) in [5.74, 6) is -1.53. The number of hydrogen-bond donors (Lipinski definition) is 3. The summed E-state index contributed by atoms with van der Waals surface area (Å²) in [5.41, 5.74) is -1.18. The Morgan fingerprint density at radius 3 is 2.73 bits per heavy atom. The number of carbonyl (C=O) groups is 1. The van der Waals surface area contributed by atoms with E-state index in [1.807, 2.05) is 6.92 Å². The Bertz CT molecular complexity index is 1300. The molecule has 0 aliphatic rings. The first-order valence-corrected chi connectivity index (χ1v) is 10.9. The molecule has 1 amide bonds. The van der Waals surface area contributed by atoms with E-state index in [1.54, 1.807) is 6.07 Å². The van der Waals surface area contributed by atoms with Gasteiger partial charge >= 0.3 is 0 Å². The van der Waals surface area contributed by atoms with Gasteiger partial charge in [-0.2, -0.15) is 0 Å². The van der Waals surface area contributed by atoms with Crippen LogP contribution < -0.4 is 16.0 Å². The second-order valence-corrected chi connectivity index (χ2v) is 8.51. The fourth-order valence-corrected chi connectivity index (χ4v) is 3.97. The predicted octanol–water partition coefficient (Wildman–Crippen LogP) is 2.46. The number of aromatic hydroxyl groups is 1. The number of sulfonamides is 1. The molecule has 158 valence electrons. The summed E-state index contributed by atoms with van der Waals surface area (Å²) >= 11 is 5.83. The van der Waals surface area contributed by atoms with Gasteiger partial charge in [-0.3, -0.25) is 14.2 Å². The lowest BCUT2D eigenvalue weighted by Gasteiger charge is -2.15. The van der Waals surface area contributed by atoms with E-state index >= 15 is 0 Å². The Morgan fingerprint density at radius 1 is 1.33 bits per heavy atom. The maximum Gasteiger partial charge on any atom is 0.268 e. The normalized spacial score (nSPS) is 11.6. The zero-order valence-electron chi connectivity index (χ0n) is 15.9. The molecule has 0 spiro atoms. The summed E-state index contributed by atoms with van der Waals surface area (Å²) in [6.45, 7) is 2.25. The van der Waals surface area contributed by atoms with Gasteiger partial charge in [0.25, 0.3) is 11.5 Å². The molecular formula is C19H19ClN4O5S. The van der Waals surface area contributed by atoms with Crippen LogP contribution >= 0.6 is 11.6 Å². The molecule has 0 radical (unpaired) electrons. The number of carbonyl (C=O) groups excluding carboxylic acids is 1. The zero-order valence-corrected chi connectivity index (χ0v) is 17.5. The number of fused-ring (bicyclic) bond motifs is 1. The van der Waals surface area contributed by atoms with E-state index < -0.39 is 37.7 Å². The number of rotatable bonds is 6. The lowest BCUT2D eigenvalue weighted by atomic mass is 10.1. The highest BCUT2D eigenvalue weighted by Gasteiger charge is 2.24. The minimum absolute atomic E-state index is 0.0959. The second-order valence-electron chi connectivity index (χ2n) is 6.55. The standard InChI is InChI=1S/C19H19ClN4O5S/c1-2-3-9-24-17-12(5-4-8-22-17)16(25)15(19(24)27)18(26)23-13-7-6-11(20)10-14(13)30(21,28)29/h4-8,10,25H,2-3,9H2,1H3,(H,23,26)(H2,21,28,29). The molecule has 0 aliphatic heterocycles. The maximum atomic E-state index is 13.0. The molecule has 0 unspecified atom stereocenters. The number of pyridine rings is 2. The molecule has 0 saturated carbocycles. The van der Waals surface area contributed by atoms with Crippen LogP contribution in [-0.4, -0.2) is 29.0 Å². The van der Waals surface area contributed by atoms with Crippen molar-refractivity contribution in [3.8, 4) is 5.75 Å². The van der Waals surface area contributed by atoms with E-state index in [1.165, 1.54) is 29.0 Å². The van der Waals surface area contributed by atoms with Gasteiger partial charge in [-0.15, -0.1) is 0 Å². The average Bonchev–Trinajstić information content (AvgIpc) is 2.68. The third-order valence-corrected chi connectivity index (χ3v) is 5.64. The van der Waals surface area contributed by atoms with Crippen molar-refractivity contribution < 1.29 is 18.3 Å². The number of nitrogens with two attached hydrogens (primary N) is 1. The van der Waals surface area contributed by atoms with Crippen molar-refractivity contribution in [1.29, 1.82) is 0 Å². The van der Waals surface area contributed by atoms with Crippen molar-refractivity contribution in [2.24, 2.45) is 5.14 Å². The number of aryl methyl sites for hydroxylation is 1. The highest BCUT2D eigenvalue weighted by Crippen LogP contribution is 2.28. The molecule has 3 aromatic rings. The van der Waals surface area contributed by atoms with Crippen LogP contribution in [0.1, 0.15) is 30.1 Å². The van der Waals surface area contributed by atoms with Crippen LogP contribution in [0.3, 0.4) is 0 Å². The van der Waals surface area contributed by atoms with Crippen molar-refractivity contribution in [3.05, 3.63) is 57.5 Å². The van der Waals surface area contributed by atoms with Crippen molar-refractivity contribution in [3.63, 3.8) is 0 Å². The van der Waals surface area contributed by atoms with Crippen LogP contribution in [0.4, 0.5) is 5.69 Å². The third-order valence-electron chi connectivity index (χ3n) is 4.45. The number of primary sulfonamides is 1. The van der Waals surface area contributed by atoms with Gasteiger partial charge in [0.15, 0.2) is 0 Å². The van der Waals surface area contributed by atoms with E-state index in [4.69, 9.17) is 16.7 Å². The monoisotopic (exact) mass is 450 g/mol. The number of aromatic nitrogens is 2. The van der Waals surface area contributed by atoms with E-state index in [9.17, 15) is 23.1 Å². The first-order valence-electron chi connectivity index (χ1n) is 8.99. The molecule has 0 saturated heterocycles. The lowest BCUT2D eigenvalue weighted by molar-refractivity contribution is 0.102. The summed E-state index contributed by atoms with van der Waals surface area (Å²) in [5, 5.41) is 18.5. The summed E-state index contributed by atoms with van der Waals surface area (Å²) < 4.78 is 25.0. The Labute approximate surface area is 177 Å². The summed E-state index contributed by atoms with van der Waals surface area (Å²) in [6, 6.07) is 6.78. The van der Waals surface area contributed by atoms with Gasteiger partial charge in [-0.1, -0.05) is 24.9 Å². The van der Waals surface area contributed by atoms with Gasteiger partial charge < -0.3 is 10.4 Å². The van der Waals surface area contributed by atoms with Crippen molar-refractivity contribution in [2.75, 3.05) is 5.32 Å². The summed E-state index contributed by atoms with van der Waals surface area (Å²) in [6.07, 6.45) is 2.94. The number of anilines is 1.